The summed E-state index contributed by atoms with van der Waals surface area (Å²) in [6.45, 7) is 4.39. The Kier molecular flexibility index (Phi) is 5.49. The number of aromatic nitrogens is 4. The molecule has 0 amide bonds. The highest BCUT2D eigenvalue weighted by atomic mass is 35.5. The Hall–Kier alpha value is -2.43. The van der Waals surface area contributed by atoms with E-state index in [1.54, 1.807) is 10.6 Å². The SMILES string of the molecule is CC(C)n1c([C@H]2CC2(F)F)nc2c(F)cc(-c3nc(N[C@@H]4CCOC[C@H]4O)ncc3Cl)cc21. The molecule has 3 atom stereocenters. The normalized spacial score (nSPS) is 24.4. The minimum atomic E-state index is -2.82. The van der Waals surface area contributed by atoms with E-state index in [-0.39, 0.29) is 53.1 Å². The van der Waals surface area contributed by atoms with Crippen LogP contribution < -0.4 is 5.32 Å². The lowest BCUT2D eigenvalue weighted by atomic mass is 10.1. The average Bonchev–Trinajstić information content (AvgIpc) is 3.22. The second-order valence-electron chi connectivity index (χ2n) is 8.85. The molecule has 1 aliphatic carbocycles. The molecule has 0 bridgehead atoms. The molecule has 0 spiro atoms. The summed E-state index contributed by atoms with van der Waals surface area (Å²) in [6.07, 6.45) is 0.971. The van der Waals surface area contributed by atoms with Gasteiger partial charge in [0.1, 0.15) is 11.3 Å². The molecule has 3 heterocycles. The van der Waals surface area contributed by atoms with Crippen LogP contribution in [0.1, 0.15) is 44.5 Å². The number of anilines is 1. The molecule has 7 nitrogen and oxygen atoms in total. The summed E-state index contributed by atoms with van der Waals surface area (Å²) < 4.78 is 49.6. The maximum atomic E-state index is 15.1. The molecular weight excluding hydrogens is 459 g/mol. The first kappa shape index (κ1) is 22.4. The van der Waals surface area contributed by atoms with Crippen LogP contribution in [-0.4, -0.2) is 55.9 Å². The molecule has 5 rings (SSSR count). The summed E-state index contributed by atoms with van der Waals surface area (Å²) >= 11 is 6.34. The monoisotopic (exact) mass is 481 g/mol. The van der Waals surface area contributed by atoms with Crippen molar-refractivity contribution in [1.82, 2.24) is 19.5 Å². The lowest BCUT2D eigenvalue weighted by molar-refractivity contribution is -0.0136. The number of rotatable bonds is 5. The summed E-state index contributed by atoms with van der Waals surface area (Å²) in [7, 11) is 0. The largest absolute Gasteiger partial charge is 0.389 e. The van der Waals surface area contributed by atoms with Gasteiger partial charge in [-0.05, 0) is 32.4 Å². The van der Waals surface area contributed by atoms with E-state index >= 15 is 4.39 Å². The number of nitrogens with one attached hydrogen (secondary N) is 1. The highest BCUT2D eigenvalue weighted by Crippen LogP contribution is 2.56. The summed E-state index contributed by atoms with van der Waals surface area (Å²) in [6, 6.07) is 2.41. The van der Waals surface area contributed by atoms with E-state index in [9.17, 15) is 13.9 Å². The topological polar surface area (TPSA) is 85.1 Å². The van der Waals surface area contributed by atoms with Crippen molar-refractivity contribution in [3.63, 3.8) is 0 Å². The predicted molar refractivity (Wildman–Crippen MR) is 117 cm³/mol. The van der Waals surface area contributed by atoms with E-state index in [0.29, 0.717) is 24.1 Å². The molecule has 0 unspecified atom stereocenters. The smallest absolute Gasteiger partial charge is 0.259 e. The zero-order valence-corrected chi connectivity index (χ0v) is 18.8. The third-order valence-electron chi connectivity index (χ3n) is 6.09. The first-order chi connectivity index (χ1) is 15.7. The Bertz CT molecular complexity index is 1220. The Balaban J connectivity index is 1.57. The lowest BCUT2D eigenvalue weighted by Crippen LogP contribution is -2.42. The number of nitrogens with zero attached hydrogens (tertiary/aromatic N) is 4. The van der Waals surface area contributed by atoms with Crippen LogP contribution in [0.2, 0.25) is 5.02 Å². The van der Waals surface area contributed by atoms with Crippen molar-refractivity contribution in [2.75, 3.05) is 18.5 Å². The minimum absolute atomic E-state index is 0.0407. The molecule has 3 aromatic rings. The first-order valence-electron chi connectivity index (χ1n) is 10.8. The zero-order valence-electron chi connectivity index (χ0n) is 18.0. The van der Waals surface area contributed by atoms with Crippen molar-refractivity contribution in [2.45, 2.75) is 56.7 Å². The molecule has 1 aliphatic heterocycles. The molecule has 1 aromatic carbocycles. The molecule has 11 heteroatoms. The van der Waals surface area contributed by atoms with Crippen molar-refractivity contribution in [3.8, 4) is 11.3 Å². The summed E-state index contributed by atoms with van der Waals surface area (Å²) in [5.41, 5.74) is 1.10. The van der Waals surface area contributed by atoms with Gasteiger partial charge in [-0.15, -0.1) is 0 Å². The molecule has 2 aromatic heterocycles. The van der Waals surface area contributed by atoms with Gasteiger partial charge in [0.15, 0.2) is 5.82 Å². The molecule has 0 radical (unpaired) electrons. The molecule has 176 valence electrons. The second-order valence-corrected chi connectivity index (χ2v) is 9.26. The number of fused-ring (bicyclic) bond motifs is 1. The maximum absolute atomic E-state index is 15.1. The predicted octanol–water partition coefficient (Wildman–Crippen LogP) is 4.55. The third-order valence-corrected chi connectivity index (χ3v) is 6.36. The number of ether oxygens (including phenoxy) is 1. The van der Waals surface area contributed by atoms with Crippen LogP contribution in [0, 0.1) is 5.82 Å². The Morgan fingerprint density at radius 3 is 2.73 bits per heavy atom. The van der Waals surface area contributed by atoms with Crippen molar-refractivity contribution in [1.29, 1.82) is 0 Å². The number of imidazole rings is 1. The molecule has 1 saturated carbocycles. The van der Waals surface area contributed by atoms with Crippen molar-refractivity contribution in [2.24, 2.45) is 0 Å². The summed E-state index contributed by atoms with van der Waals surface area (Å²) in [4.78, 5) is 12.9. The molecule has 1 saturated heterocycles. The molecule has 2 N–H and O–H groups in total. The van der Waals surface area contributed by atoms with Gasteiger partial charge in [0.25, 0.3) is 5.92 Å². The first-order valence-corrected chi connectivity index (χ1v) is 11.2. The van der Waals surface area contributed by atoms with Crippen LogP contribution in [0.3, 0.4) is 0 Å². The second kappa shape index (κ2) is 8.11. The molecule has 33 heavy (non-hydrogen) atoms. The van der Waals surface area contributed by atoms with Gasteiger partial charge < -0.3 is 19.7 Å². The summed E-state index contributed by atoms with van der Waals surface area (Å²) in [5.74, 6) is -4.06. The highest BCUT2D eigenvalue weighted by Gasteiger charge is 2.60. The third kappa shape index (κ3) is 4.04. The Morgan fingerprint density at radius 1 is 1.30 bits per heavy atom. The zero-order chi connectivity index (χ0) is 23.5. The quantitative estimate of drug-likeness (QED) is 0.556. The summed E-state index contributed by atoms with van der Waals surface area (Å²) in [5, 5.41) is 13.4. The maximum Gasteiger partial charge on any atom is 0.259 e. The van der Waals surface area contributed by atoms with Crippen molar-refractivity contribution >= 4 is 28.6 Å². The number of halogens is 4. The van der Waals surface area contributed by atoms with Crippen LogP contribution in [-0.2, 0) is 4.74 Å². The standard InChI is InChI=1S/C22H23ClF3N5O2/c1-10(2)31-16-6-11(5-14(24)19(16)29-20(31)12-7-22(12,25)26)18-13(23)8-27-21(30-18)28-15-3-4-33-9-17(15)32/h5-6,8,10,12,15,17,32H,3-4,7,9H2,1-2H3,(H,27,28,30)/t12-,15-,17-/m1/s1. The molecular formula is C22H23ClF3N5O2. The van der Waals surface area contributed by atoms with E-state index in [0.717, 1.165) is 0 Å². The van der Waals surface area contributed by atoms with Gasteiger partial charge in [-0.25, -0.2) is 28.1 Å². The van der Waals surface area contributed by atoms with Gasteiger partial charge in [-0.3, -0.25) is 0 Å². The van der Waals surface area contributed by atoms with Crippen LogP contribution in [0.4, 0.5) is 19.1 Å². The van der Waals surface area contributed by atoms with Gasteiger partial charge >= 0.3 is 0 Å². The van der Waals surface area contributed by atoms with E-state index in [4.69, 9.17) is 16.3 Å². The van der Waals surface area contributed by atoms with Crippen LogP contribution in [0.25, 0.3) is 22.3 Å². The van der Waals surface area contributed by atoms with Gasteiger partial charge in [0.2, 0.25) is 5.95 Å². The van der Waals surface area contributed by atoms with E-state index in [1.807, 2.05) is 13.8 Å². The highest BCUT2D eigenvalue weighted by molar-refractivity contribution is 6.33. The van der Waals surface area contributed by atoms with Gasteiger partial charge in [0.05, 0.1) is 47.1 Å². The lowest BCUT2D eigenvalue weighted by Gasteiger charge is -2.28. The number of aliphatic hydroxyl groups is 1. The molecule has 2 aliphatic rings. The van der Waals surface area contributed by atoms with Crippen LogP contribution >= 0.6 is 11.6 Å². The number of benzene rings is 1. The number of hydrogen-bond acceptors (Lipinski definition) is 6. The van der Waals surface area contributed by atoms with Crippen LogP contribution in [0.15, 0.2) is 18.3 Å². The van der Waals surface area contributed by atoms with Gasteiger partial charge in [-0.2, -0.15) is 0 Å². The fourth-order valence-corrected chi connectivity index (χ4v) is 4.49. The number of hydrogen-bond donors (Lipinski definition) is 2. The van der Waals surface area contributed by atoms with Crippen molar-refractivity contribution in [3.05, 3.63) is 35.0 Å². The van der Waals surface area contributed by atoms with Gasteiger partial charge in [-0.1, -0.05) is 11.6 Å². The Labute approximate surface area is 193 Å². The fraction of sp³-hybridized carbons (Fsp3) is 0.500. The minimum Gasteiger partial charge on any atom is -0.389 e. The molecule has 2 fully saturated rings. The number of alkyl halides is 2. The van der Waals surface area contributed by atoms with E-state index < -0.39 is 23.8 Å². The average molecular weight is 482 g/mol. The van der Waals surface area contributed by atoms with Crippen LogP contribution in [0.5, 0.6) is 0 Å². The number of aliphatic hydroxyl groups excluding tert-OH is 1. The Morgan fingerprint density at radius 2 is 2.06 bits per heavy atom. The van der Waals surface area contributed by atoms with E-state index in [1.165, 1.54) is 12.3 Å². The van der Waals surface area contributed by atoms with E-state index in [2.05, 4.69) is 20.3 Å². The van der Waals surface area contributed by atoms with Crippen molar-refractivity contribution < 1.29 is 23.0 Å². The fourth-order valence-electron chi connectivity index (χ4n) is 4.29. The van der Waals surface area contributed by atoms with Gasteiger partial charge in [0, 0.05) is 24.6 Å².